The highest BCUT2D eigenvalue weighted by atomic mass is 16.2. The van der Waals surface area contributed by atoms with Gasteiger partial charge in [-0.3, -0.25) is 4.79 Å². The number of hydrogen-bond donors (Lipinski definition) is 0. The lowest BCUT2D eigenvalue weighted by molar-refractivity contribution is -0.119. The van der Waals surface area contributed by atoms with Gasteiger partial charge in [-0.05, 0) is 70.3 Å². The molecule has 2 heterocycles. The van der Waals surface area contributed by atoms with Gasteiger partial charge in [-0.15, -0.1) is 0 Å². The number of anilines is 1. The molecule has 2 unspecified atom stereocenters. The van der Waals surface area contributed by atoms with Gasteiger partial charge in [0.15, 0.2) is 0 Å². The van der Waals surface area contributed by atoms with Crippen LogP contribution in [-0.2, 0) is 4.79 Å². The van der Waals surface area contributed by atoms with Gasteiger partial charge in [-0.1, -0.05) is 31.5 Å². The Morgan fingerprint density at radius 2 is 1.91 bits per heavy atom. The maximum atomic E-state index is 13.0. The summed E-state index contributed by atoms with van der Waals surface area (Å²) in [5, 5.41) is 0. The average molecular weight is 314 g/mol. The van der Waals surface area contributed by atoms with E-state index in [1.807, 2.05) is 4.90 Å². The van der Waals surface area contributed by atoms with Crippen LogP contribution in [0.2, 0.25) is 0 Å². The molecule has 0 radical (unpaired) electrons. The van der Waals surface area contributed by atoms with Crippen molar-refractivity contribution in [3.8, 4) is 0 Å². The second kappa shape index (κ2) is 7.48. The van der Waals surface area contributed by atoms with Crippen LogP contribution in [0.5, 0.6) is 0 Å². The minimum absolute atomic E-state index is 0.0741. The number of likely N-dealkylation sites (tertiary alicyclic amines) is 1. The zero-order valence-corrected chi connectivity index (χ0v) is 14.6. The van der Waals surface area contributed by atoms with Crippen molar-refractivity contribution < 1.29 is 4.79 Å². The van der Waals surface area contributed by atoms with Crippen LogP contribution in [0.25, 0.3) is 0 Å². The van der Waals surface area contributed by atoms with E-state index in [0.29, 0.717) is 5.91 Å². The highest BCUT2D eigenvalue weighted by Crippen LogP contribution is 2.41. The number of piperidine rings is 1. The van der Waals surface area contributed by atoms with Gasteiger partial charge in [-0.25, -0.2) is 0 Å². The Bertz CT molecular complexity index is 536. The molecule has 1 aromatic carbocycles. The van der Waals surface area contributed by atoms with Crippen LogP contribution in [0.1, 0.15) is 63.9 Å². The molecule has 3 heteroatoms. The summed E-state index contributed by atoms with van der Waals surface area (Å²) in [6.45, 7) is 7.95. The Kier molecular flexibility index (Phi) is 5.37. The summed E-state index contributed by atoms with van der Waals surface area (Å²) in [5.41, 5.74) is 2.39. The summed E-state index contributed by atoms with van der Waals surface area (Å²) in [5.74, 6) is 0.393. The fourth-order valence-electron chi connectivity index (χ4n) is 4.04. The molecule has 0 N–H and O–H groups in total. The number of carbonyl (C=O) groups excluding carboxylic acids is 1. The number of benzene rings is 1. The lowest BCUT2D eigenvalue weighted by atomic mass is 9.95. The number of fused-ring (bicyclic) bond motifs is 1. The van der Waals surface area contributed by atoms with E-state index in [4.69, 9.17) is 0 Å². The van der Waals surface area contributed by atoms with Crippen LogP contribution in [0, 0.1) is 0 Å². The lowest BCUT2D eigenvalue weighted by Crippen LogP contribution is -2.36. The first kappa shape index (κ1) is 16.5. The van der Waals surface area contributed by atoms with Crippen LogP contribution in [0.15, 0.2) is 24.3 Å². The molecule has 0 bridgehead atoms. The second-order valence-electron chi connectivity index (χ2n) is 7.12. The molecule has 0 aromatic heterocycles. The first-order valence-corrected chi connectivity index (χ1v) is 9.36. The van der Waals surface area contributed by atoms with Crippen LogP contribution in [0.4, 0.5) is 5.69 Å². The predicted molar refractivity (Wildman–Crippen MR) is 95.9 cm³/mol. The number of rotatable bonds is 6. The maximum absolute atomic E-state index is 13.0. The van der Waals surface area contributed by atoms with Gasteiger partial charge in [0.05, 0.1) is 5.92 Å². The average Bonchev–Trinajstić information content (AvgIpc) is 2.87. The first-order chi connectivity index (χ1) is 11.2. The van der Waals surface area contributed by atoms with Crippen molar-refractivity contribution in [3.05, 3.63) is 29.8 Å². The highest BCUT2D eigenvalue weighted by molar-refractivity contribution is 6.05. The van der Waals surface area contributed by atoms with Crippen molar-refractivity contribution in [3.63, 3.8) is 0 Å². The van der Waals surface area contributed by atoms with E-state index in [1.54, 1.807) is 0 Å². The zero-order chi connectivity index (χ0) is 16.2. The van der Waals surface area contributed by atoms with E-state index in [0.717, 1.165) is 31.5 Å². The van der Waals surface area contributed by atoms with E-state index in [-0.39, 0.29) is 12.0 Å². The lowest BCUT2D eigenvalue weighted by Gasteiger charge is -2.27. The van der Waals surface area contributed by atoms with Crippen LogP contribution >= 0.6 is 0 Å². The quantitative estimate of drug-likeness (QED) is 0.786. The van der Waals surface area contributed by atoms with E-state index in [9.17, 15) is 4.79 Å². The molecule has 126 valence electrons. The topological polar surface area (TPSA) is 23.6 Å². The minimum atomic E-state index is 0.0741. The van der Waals surface area contributed by atoms with Crippen molar-refractivity contribution in [2.45, 2.75) is 64.3 Å². The predicted octanol–water partition coefficient (Wildman–Crippen LogP) is 4.18. The molecule has 0 saturated carbocycles. The summed E-state index contributed by atoms with van der Waals surface area (Å²) >= 11 is 0. The molecule has 1 saturated heterocycles. The normalized spacial score (nSPS) is 23.1. The highest BCUT2D eigenvalue weighted by Gasteiger charge is 2.38. The number of para-hydroxylation sites is 1. The molecule has 1 aromatic rings. The summed E-state index contributed by atoms with van der Waals surface area (Å²) in [7, 11) is 0. The molecular formula is C20H30N2O. The molecule has 23 heavy (non-hydrogen) atoms. The molecule has 0 spiro atoms. The van der Waals surface area contributed by atoms with E-state index >= 15 is 0 Å². The van der Waals surface area contributed by atoms with Crippen molar-refractivity contribution >= 4 is 11.6 Å². The third-order valence-electron chi connectivity index (χ3n) is 5.55. The Labute approximate surface area is 140 Å². The number of amides is 1. The van der Waals surface area contributed by atoms with Crippen molar-refractivity contribution in [2.24, 2.45) is 0 Å². The third-order valence-corrected chi connectivity index (χ3v) is 5.55. The van der Waals surface area contributed by atoms with Crippen molar-refractivity contribution in [1.82, 2.24) is 4.90 Å². The summed E-state index contributed by atoms with van der Waals surface area (Å²) < 4.78 is 0. The number of hydrogen-bond acceptors (Lipinski definition) is 2. The van der Waals surface area contributed by atoms with E-state index in [2.05, 4.69) is 43.0 Å². The minimum Gasteiger partial charge on any atom is -0.309 e. The molecule has 3 nitrogen and oxygen atoms in total. The summed E-state index contributed by atoms with van der Waals surface area (Å²) in [6.07, 6.45) is 7.17. The molecular weight excluding hydrogens is 284 g/mol. The first-order valence-electron chi connectivity index (χ1n) is 9.36. The molecule has 2 aliphatic heterocycles. The van der Waals surface area contributed by atoms with Crippen molar-refractivity contribution in [2.75, 3.05) is 24.5 Å². The van der Waals surface area contributed by atoms with Crippen molar-refractivity contribution in [1.29, 1.82) is 0 Å². The fraction of sp³-hybridized carbons (Fsp3) is 0.650. The molecule has 2 atom stereocenters. The molecule has 1 amide bonds. The Morgan fingerprint density at radius 1 is 1.17 bits per heavy atom. The monoisotopic (exact) mass is 314 g/mol. The van der Waals surface area contributed by atoms with E-state index in [1.165, 1.54) is 37.9 Å². The Balaban J connectivity index is 1.66. The van der Waals surface area contributed by atoms with Gasteiger partial charge in [0, 0.05) is 11.7 Å². The largest absolute Gasteiger partial charge is 0.309 e. The fourth-order valence-corrected chi connectivity index (χ4v) is 4.04. The zero-order valence-electron chi connectivity index (χ0n) is 14.6. The van der Waals surface area contributed by atoms with Gasteiger partial charge >= 0.3 is 0 Å². The van der Waals surface area contributed by atoms with Gasteiger partial charge in [0.1, 0.15) is 0 Å². The van der Waals surface area contributed by atoms with Gasteiger partial charge in [0.2, 0.25) is 5.91 Å². The Hall–Kier alpha value is -1.35. The number of carbonyl (C=O) groups is 1. The Morgan fingerprint density at radius 3 is 2.65 bits per heavy atom. The third kappa shape index (κ3) is 3.45. The smallest absolute Gasteiger partial charge is 0.234 e. The second-order valence-corrected chi connectivity index (χ2v) is 7.12. The summed E-state index contributed by atoms with van der Waals surface area (Å²) in [4.78, 5) is 17.6. The van der Waals surface area contributed by atoms with E-state index < -0.39 is 0 Å². The summed E-state index contributed by atoms with van der Waals surface area (Å²) in [6, 6.07) is 8.68. The number of nitrogens with zero attached hydrogens (tertiary/aromatic N) is 2. The standard InChI is InChI=1S/C20H30N2O/c1-3-16(2)22-19-12-6-5-10-17(19)18(20(22)23)11-9-15-21-13-7-4-8-14-21/h5-6,10,12,16,18H,3-4,7-9,11,13-15H2,1-2H3. The van der Waals surface area contributed by atoms with Crippen LogP contribution in [0.3, 0.4) is 0 Å². The SMILES string of the molecule is CCC(C)N1C(=O)C(CCCN2CCCCC2)c2ccccc21. The van der Waals surface area contributed by atoms with Gasteiger partial charge in [0.25, 0.3) is 0 Å². The van der Waals surface area contributed by atoms with Gasteiger partial charge < -0.3 is 9.80 Å². The molecule has 3 rings (SSSR count). The van der Waals surface area contributed by atoms with Crippen LogP contribution in [-0.4, -0.2) is 36.5 Å². The van der Waals surface area contributed by atoms with Gasteiger partial charge in [-0.2, -0.15) is 0 Å². The van der Waals surface area contributed by atoms with Crippen LogP contribution < -0.4 is 4.90 Å². The molecule has 1 fully saturated rings. The molecule has 0 aliphatic carbocycles. The molecule has 2 aliphatic rings. The maximum Gasteiger partial charge on any atom is 0.234 e.